The van der Waals surface area contributed by atoms with Gasteiger partial charge in [-0.15, -0.1) is 0 Å². The second-order valence-electron chi connectivity index (χ2n) is 8.56. The molecule has 4 aromatic rings. The monoisotopic (exact) mass is 445 g/mol. The molecule has 33 heavy (non-hydrogen) atoms. The minimum atomic E-state index is -1.07. The molecule has 2 aromatic heterocycles. The Labute approximate surface area is 191 Å². The van der Waals surface area contributed by atoms with E-state index >= 15 is 0 Å². The van der Waals surface area contributed by atoms with Crippen LogP contribution in [0.15, 0.2) is 71.8 Å². The molecule has 7 nitrogen and oxygen atoms in total. The number of nitrogens with zero attached hydrogens (tertiary/aromatic N) is 2. The zero-order valence-corrected chi connectivity index (χ0v) is 18.7. The molecular formula is C26H27N3O4. The second kappa shape index (κ2) is 9.73. The number of aromatic nitrogens is 2. The molecule has 0 fully saturated rings. The minimum Gasteiger partial charge on any atom is -0.491 e. The highest BCUT2D eigenvalue weighted by molar-refractivity contribution is 6.05. The van der Waals surface area contributed by atoms with Gasteiger partial charge in [0.2, 0.25) is 0 Å². The Morgan fingerprint density at radius 1 is 1.09 bits per heavy atom. The van der Waals surface area contributed by atoms with Crippen LogP contribution in [0.3, 0.4) is 0 Å². The van der Waals surface area contributed by atoms with Gasteiger partial charge in [0.15, 0.2) is 0 Å². The summed E-state index contributed by atoms with van der Waals surface area (Å²) in [5.74, 6) is 0.899. The number of benzene rings is 2. The van der Waals surface area contributed by atoms with Gasteiger partial charge in [0.05, 0.1) is 23.5 Å². The van der Waals surface area contributed by atoms with Gasteiger partial charge in [-0.2, -0.15) is 0 Å². The number of ether oxygens (including phenoxy) is 1. The van der Waals surface area contributed by atoms with Crippen molar-refractivity contribution in [1.82, 2.24) is 14.9 Å². The van der Waals surface area contributed by atoms with E-state index in [1.807, 2.05) is 68.4 Å². The van der Waals surface area contributed by atoms with Gasteiger partial charge in [-0.3, -0.25) is 9.78 Å². The lowest BCUT2D eigenvalue weighted by Gasteiger charge is -2.20. The van der Waals surface area contributed by atoms with Gasteiger partial charge in [-0.25, -0.2) is 4.79 Å². The highest BCUT2D eigenvalue weighted by Gasteiger charge is 2.16. The topological polar surface area (TPSA) is 93.5 Å². The molecule has 1 atom stereocenters. The summed E-state index contributed by atoms with van der Waals surface area (Å²) in [6.45, 7) is 4.70. The van der Waals surface area contributed by atoms with Crippen LogP contribution in [0.2, 0.25) is 0 Å². The first-order valence-corrected chi connectivity index (χ1v) is 11.0. The Hall–Kier alpha value is -3.87. The van der Waals surface area contributed by atoms with Crippen molar-refractivity contribution < 1.29 is 14.6 Å². The number of fused-ring (bicyclic) bond motifs is 3. The van der Waals surface area contributed by atoms with Crippen LogP contribution in [-0.2, 0) is 6.54 Å². The average Bonchev–Trinajstić information content (AvgIpc) is 2.80. The van der Waals surface area contributed by atoms with Crippen LogP contribution >= 0.6 is 0 Å². The molecule has 0 aliphatic heterocycles. The summed E-state index contributed by atoms with van der Waals surface area (Å²) >= 11 is 0. The van der Waals surface area contributed by atoms with E-state index in [1.54, 1.807) is 17.0 Å². The molecule has 0 aliphatic carbocycles. The predicted octanol–water partition coefficient (Wildman–Crippen LogP) is 4.66. The Morgan fingerprint density at radius 3 is 2.61 bits per heavy atom. The summed E-state index contributed by atoms with van der Waals surface area (Å²) in [5, 5.41) is 14.0. The molecule has 2 heterocycles. The Bertz CT molecular complexity index is 1330. The van der Waals surface area contributed by atoms with Crippen molar-refractivity contribution in [3.63, 3.8) is 0 Å². The number of amides is 1. The number of hydrogen-bond donors (Lipinski definition) is 2. The van der Waals surface area contributed by atoms with Crippen molar-refractivity contribution >= 4 is 27.8 Å². The molecule has 1 unspecified atom stereocenters. The molecule has 0 saturated heterocycles. The van der Waals surface area contributed by atoms with Crippen molar-refractivity contribution in [2.24, 2.45) is 5.92 Å². The number of hydrogen-bond acceptors (Lipinski definition) is 4. The van der Waals surface area contributed by atoms with Crippen LogP contribution in [0.1, 0.15) is 25.8 Å². The molecule has 0 saturated carbocycles. The van der Waals surface area contributed by atoms with Crippen LogP contribution in [0.5, 0.6) is 5.75 Å². The number of nitrogens with one attached hydrogen (secondary N) is 1. The van der Waals surface area contributed by atoms with E-state index in [-0.39, 0.29) is 18.2 Å². The van der Waals surface area contributed by atoms with Gasteiger partial charge in [-0.05, 0) is 41.5 Å². The van der Waals surface area contributed by atoms with Gasteiger partial charge >= 0.3 is 6.09 Å². The fourth-order valence-electron chi connectivity index (χ4n) is 4.14. The molecule has 2 aromatic carbocycles. The molecular weight excluding hydrogens is 418 g/mol. The molecule has 4 rings (SSSR count). The fraction of sp³-hybridized carbons (Fsp3) is 0.269. The highest BCUT2D eigenvalue weighted by atomic mass is 16.5. The minimum absolute atomic E-state index is 0.114. The lowest BCUT2D eigenvalue weighted by atomic mass is 10.0. The maximum absolute atomic E-state index is 13.4. The summed E-state index contributed by atoms with van der Waals surface area (Å²) in [7, 11) is 0. The van der Waals surface area contributed by atoms with Crippen LogP contribution in [0.4, 0.5) is 4.79 Å². The largest absolute Gasteiger partial charge is 0.491 e. The van der Waals surface area contributed by atoms with Gasteiger partial charge in [0.25, 0.3) is 5.56 Å². The van der Waals surface area contributed by atoms with Crippen LogP contribution in [-0.4, -0.2) is 33.4 Å². The van der Waals surface area contributed by atoms with E-state index in [4.69, 9.17) is 9.84 Å². The van der Waals surface area contributed by atoms with E-state index in [0.717, 1.165) is 21.9 Å². The SMILES string of the molecule is CC(C)CC(COc1ccc2c3ccncc3c(=O)n(Cc3ccccc3)c2c1)NC(=O)O. The molecule has 0 radical (unpaired) electrons. The second-order valence-corrected chi connectivity index (χ2v) is 8.56. The Kier molecular flexibility index (Phi) is 6.58. The number of carbonyl (C=O) groups is 1. The maximum atomic E-state index is 13.4. The first-order valence-electron chi connectivity index (χ1n) is 11.0. The summed E-state index contributed by atoms with van der Waals surface area (Å²) < 4.78 is 7.72. The molecule has 1 amide bonds. The molecule has 0 bridgehead atoms. The third-order valence-electron chi connectivity index (χ3n) is 5.57. The lowest BCUT2D eigenvalue weighted by Crippen LogP contribution is -2.39. The van der Waals surface area contributed by atoms with Gasteiger partial charge < -0.3 is 19.7 Å². The zero-order chi connectivity index (χ0) is 23.4. The van der Waals surface area contributed by atoms with Crippen LogP contribution in [0.25, 0.3) is 21.7 Å². The fourth-order valence-corrected chi connectivity index (χ4v) is 4.14. The highest BCUT2D eigenvalue weighted by Crippen LogP contribution is 2.27. The first-order chi connectivity index (χ1) is 15.9. The molecule has 0 aliphatic rings. The molecule has 170 valence electrons. The van der Waals surface area contributed by atoms with Crippen molar-refractivity contribution in [3.05, 3.63) is 82.9 Å². The van der Waals surface area contributed by atoms with Crippen molar-refractivity contribution in [2.75, 3.05) is 6.61 Å². The average molecular weight is 446 g/mol. The molecule has 7 heteroatoms. The third kappa shape index (κ3) is 5.14. The summed E-state index contributed by atoms with van der Waals surface area (Å²) in [5.41, 5.74) is 1.65. The lowest BCUT2D eigenvalue weighted by molar-refractivity contribution is 0.176. The van der Waals surface area contributed by atoms with Gasteiger partial charge in [0.1, 0.15) is 12.4 Å². The Morgan fingerprint density at radius 2 is 1.88 bits per heavy atom. The smallest absolute Gasteiger partial charge is 0.404 e. The predicted molar refractivity (Wildman–Crippen MR) is 129 cm³/mol. The molecule has 0 spiro atoms. The number of carboxylic acid groups (broad SMARTS) is 1. The van der Waals surface area contributed by atoms with Gasteiger partial charge in [0, 0.05) is 23.8 Å². The van der Waals surface area contributed by atoms with E-state index in [0.29, 0.717) is 30.0 Å². The number of rotatable bonds is 8. The zero-order valence-electron chi connectivity index (χ0n) is 18.7. The number of pyridine rings is 2. The van der Waals surface area contributed by atoms with Crippen molar-refractivity contribution in [2.45, 2.75) is 32.9 Å². The maximum Gasteiger partial charge on any atom is 0.404 e. The normalized spacial score (nSPS) is 12.2. The quantitative estimate of drug-likeness (QED) is 0.385. The van der Waals surface area contributed by atoms with Crippen molar-refractivity contribution in [3.8, 4) is 5.75 Å². The molecule has 2 N–H and O–H groups in total. The first kappa shape index (κ1) is 22.3. The van der Waals surface area contributed by atoms with E-state index in [2.05, 4.69) is 10.3 Å². The van der Waals surface area contributed by atoms with E-state index in [1.165, 1.54) is 0 Å². The standard InChI is InChI=1S/C26H27N3O4/c1-17(2)12-19(28-26(31)32)16-33-20-8-9-22-21-10-11-27-14-23(21)25(30)29(24(22)13-20)15-18-6-4-3-5-7-18/h3-11,13-14,17,19,28H,12,15-16H2,1-2H3,(H,31,32). The van der Waals surface area contributed by atoms with Crippen molar-refractivity contribution in [1.29, 1.82) is 0 Å². The summed E-state index contributed by atoms with van der Waals surface area (Å²) in [6, 6.07) is 17.0. The van der Waals surface area contributed by atoms with E-state index in [9.17, 15) is 9.59 Å². The Balaban J connectivity index is 1.75. The van der Waals surface area contributed by atoms with Crippen LogP contribution in [0, 0.1) is 5.92 Å². The van der Waals surface area contributed by atoms with Gasteiger partial charge in [-0.1, -0.05) is 44.2 Å². The van der Waals surface area contributed by atoms with E-state index < -0.39 is 6.09 Å². The third-order valence-corrected chi connectivity index (χ3v) is 5.57. The summed E-state index contributed by atoms with van der Waals surface area (Å²) in [4.78, 5) is 28.7. The van der Waals surface area contributed by atoms with Crippen LogP contribution < -0.4 is 15.6 Å². The summed E-state index contributed by atoms with van der Waals surface area (Å²) in [6.07, 6.45) is 2.88.